The Hall–Kier alpha value is -3.43. The molecule has 0 saturated heterocycles. The molecule has 0 heterocycles. The SMILES string of the molecule is COc1ccc(S(=O)(=O)N(CC(=O)N[C@H](C)c2ccc(F)cc2)Cc2ccccc2)cc1OC. The molecule has 0 fully saturated rings. The molecule has 0 aliphatic heterocycles. The van der Waals surface area contributed by atoms with E-state index < -0.39 is 28.5 Å². The maximum absolute atomic E-state index is 13.5. The van der Waals surface area contributed by atoms with Gasteiger partial charge in [-0.25, -0.2) is 12.8 Å². The van der Waals surface area contributed by atoms with Crippen molar-refractivity contribution in [2.24, 2.45) is 0 Å². The number of sulfonamides is 1. The molecule has 1 amide bonds. The van der Waals surface area contributed by atoms with Crippen LogP contribution in [0.1, 0.15) is 24.1 Å². The number of benzene rings is 3. The Labute approximate surface area is 199 Å². The highest BCUT2D eigenvalue weighted by molar-refractivity contribution is 7.89. The fourth-order valence-corrected chi connectivity index (χ4v) is 4.82. The molecule has 180 valence electrons. The lowest BCUT2D eigenvalue weighted by atomic mass is 10.1. The third-order valence-corrected chi connectivity index (χ3v) is 7.05. The number of hydrogen-bond donors (Lipinski definition) is 1. The highest BCUT2D eigenvalue weighted by Gasteiger charge is 2.28. The first-order valence-electron chi connectivity index (χ1n) is 10.6. The number of hydrogen-bond acceptors (Lipinski definition) is 5. The van der Waals surface area contributed by atoms with Gasteiger partial charge in [0.2, 0.25) is 15.9 Å². The van der Waals surface area contributed by atoms with Crippen molar-refractivity contribution in [3.8, 4) is 11.5 Å². The van der Waals surface area contributed by atoms with E-state index in [9.17, 15) is 17.6 Å². The van der Waals surface area contributed by atoms with Gasteiger partial charge >= 0.3 is 0 Å². The number of halogens is 1. The summed E-state index contributed by atoms with van der Waals surface area (Å²) in [7, 11) is -1.19. The van der Waals surface area contributed by atoms with Crippen molar-refractivity contribution in [1.82, 2.24) is 9.62 Å². The maximum Gasteiger partial charge on any atom is 0.243 e. The Morgan fingerprint density at radius 1 is 0.971 bits per heavy atom. The Kier molecular flexibility index (Phi) is 8.25. The highest BCUT2D eigenvalue weighted by Crippen LogP contribution is 2.31. The van der Waals surface area contributed by atoms with Gasteiger partial charge in [0, 0.05) is 12.6 Å². The molecule has 0 saturated carbocycles. The van der Waals surface area contributed by atoms with E-state index in [1.807, 2.05) is 6.07 Å². The molecule has 0 aliphatic rings. The Bertz CT molecular complexity index is 1220. The second kappa shape index (κ2) is 11.1. The lowest BCUT2D eigenvalue weighted by Gasteiger charge is -2.24. The van der Waals surface area contributed by atoms with Crippen LogP contribution in [-0.2, 0) is 21.4 Å². The normalized spacial score (nSPS) is 12.3. The van der Waals surface area contributed by atoms with Gasteiger partial charge in [-0.15, -0.1) is 0 Å². The van der Waals surface area contributed by atoms with Gasteiger partial charge in [-0.05, 0) is 42.3 Å². The standard InChI is InChI=1S/C25H27FN2O5S/c1-18(20-9-11-21(26)12-10-20)27-25(29)17-28(16-19-7-5-4-6-8-19)34(30,31)22-13-14-23(32-2)24(15-22)33-3/h4-15,18H,16-17H2,1-3H3,(H,27,29)/t18-/m1/s1. The number of nitrogens with one attached hydrogen (secondary N) is 1. The fraction of sp³-hybridized carbons (Fsp3) is 0.240. The summed E-state index contributed by atoms with van der Waals surface area (Å²) in [6.07, 6.45) is 0. The second-order valence-electron chi connectivity index (χ2n) is 7.62. The van der Waals surface area contributed by atoms with Gasteiger partial charge in [0.1, 0.15) is 5.82 Å². The Balaban J connectivity index is 1.87. The minimum absolute atomic E-state index is 0.00410. The molecule has 0 aromatic heterocycles. The van der Waals surface area contributed by atoms with Crippen LogP contribution in [0.15, 0.2) is 77.7 Å². The Morgan fingerprint density at radius 2 is 1.62 bits per heavy atom. The summed E-state index contributed by atoms with van der Waals surface area (Å²) >= 11 is 0. The molecule has 0 spiro atoms. The van der Waals surface area contributed by atoms with Crippen LogP contribution in [0.3, 0.4) is 0 Å². The maximum atomic E-state index is 13.5. The van der Waals surface area contributed by atoms with Crippen molar-refractivity contribution < 1.29 is 27.1 Å². The molecule has 3 aromatic rings. The van der Waals surface area contributed by atoms with Gasteiger partial charge in [0.15, 0.2) is 11.5 Å². The number of methoxy groups -OCH3 is 2. The summed E-state index contributed by atoms with van der Waals surface area (Å²) in [6.45, 7) is 1.34. The number of nitrogens with zero attached hydrogens (tertiary/aromatic N) is 1. The van der Waals surface area contributed by atoms with Gasteiger partial charge in [0.05, 0.1) is 31.7 Å². The summed E-state index contributed by atoms with van der Waals surface area (Å²) in [4.78, 5) is 12.8. The molecule has 1 atom stereocenters. The van der Waals surface area contributed by atoms with Crippen LogP contribution in [-0.4, -0.2) is 39.4 Å². The van der Waals surface area contributed by atoms with Crippen molar-refractivity contribution in [3.63, 3.8) is 0 Å². The fourth-order valence-electron chi connectivity index (χ4n) is 3.42. The van der Waals surface area contributed by atoms with Crippen molar-refractivity contribution in [3.05, 3.63) is 89.7 Å². The van der Waals surface area contributed by atoms with Gasteiger partial charge in [-0.3, -0.25) is 4.79 Å². The molecule has 0 unspecified atom stereocenters. The third kappa shape index (κ3) is 6.12. The predicted molar refractivity (Wildman–Crippen MR) is 127 cm³/mol. The van der Waals surface area contributed by atoms with Crippen LogP contribution < -0.4 is 14.8 Å². The predicted octanol–water partition coefficient (Wildman–Crippen LogP) is 3.91. The van der Waals surface area contributed by atoms with Gasteiger partial charge < -0.3 is 14.8 Å². The minimum Gasteiger partial charge on any atom is -0.493 e. The monoisotopic (exact) mass is 486 g/mol. The molecular weight excluding hydrogens is 459 g/mol. The van der Waals surface area contributed by atoms with E-state index in [0.717, 1.165) is 9.87 Å². The van der Waals surface area contributed by atoms with Crippen LogP contribution in [0.5, 0.6) is 11.5 Å². The summed E-state index contributed by atoms with van der Waals surface area (Å²) < 4.78 is 51.8. The molecule has 9 heteroatoms. The van der Waals surface area contributed by atoms with Crippen molar-refractivity contribution in [2.75, 3.05) is 20.8 Å². The first-order valence-corrected chi connectivity index (χ1v) is 12.0. The highest BCUT2D eigenvalue weighted by atomic mass is 32.2. The van der Waals surface area contributed by atoms with E-state index in [1.54, 1.807) is 43.3 Å². The van der Waals surface area contributed by atoms with Crippen molar-refractivity contribution in [1.29, 1.82) is 0 Å². The number of amides is 1. The lowest BCUT2D eigenvalue weighted by molar-refractivity contribution is -0.122. The first kappa shape index (κ1) is 25.2. The topological polar surface area (TPSA) is 84.9 Å². The molecule has 1 N–H and O–H groups in total. The van der Waals surface area contributed by atoms with E-state index in [0.29, 0.717) is 11.3 Å². The van der Waals surface area contributed by atoms with Gasteiger partial charge in [-0.1, -0.05) is 42.5 Å². The van der Waals surface area contributed by atoms with Crippen LogP contribution in [0.4, 0.5) is 4.39 Å². The quantitative estimate of drug-likeness (QED) is 0.470. The molecular formula is C25H27FN2O5S. The first-order chi connectivity index (χ1) is 16.2. The van der Waals surface area contributed by atoms with E-state index in [1.165, 1.54) is 44.6 Å². The lowest BCUT2D eigenvalue weighted by Crippen LogP contribution is -2.41. The van der Waals surface area contributed by atoms with Gasteiger partial charge in [0.25, 0.3) is 0 Å². The number of rotatable bonds is 10. The van der Waals surface area contributed by atoms with Crippen molar-refractivity contribution >= 4 is 15.9 Å². The van der Waals surface area contributed by atoms with E-state index in [4.69, 9.17) is 9.47 Å². The smallest absolute Gasteiger partial charge is 0.243 e. The molecule has 3 rings (SSSR count). The van der Waals surface area contributed by atoms with E-state index in [2.05, 4.69) is 5.32 Å². The number of ether oxygens (including phenoxy) is 2. The molecule has 0 bridgehead atoms. The third-order valence-electron chi connectivity index (χ3n) is 5.26. The van der Waals surface area contributed by atoms with Crippen LogP contribution in [0, 0.1) is 5.82 Å². The number of carbonyl (C=O) groups excluding carboxylic acids is 1. The van der Waals surface area contributed by atoms with E-state index >= 15 is 0 Å². The minimum atomic E-state index is -4.07. The van der Waals surface area contributed by atoms with Crippen LogP contribution >= 0.6 is 0 Å². The summed E-state index contributed by atoms with van der Waals surface area (Å²) in [5.41, 5.74) is 1.43. The zero-order valence-electron chi connectivity index (χ0n) is 19.2. The molecule has 34 heavy (non-hydrogen) atoms. The average molecular weight is 487 g/mol. The zero-order chi connectivity index (χ0) is 24.7. The van der Waals surface area contributed by atoms with E-state index in [-0.39, 0.29) is 23.0 Å². The zero-order valence-corrected chi connectivity index (χ0v) is 20.0. The van der Waals surface area contributed by atoms with Crippen LogP contribution in [0.25, 0.3) is 0 Å². The van der Waals surface area contributed by atoms with Crippen molar-refractivity contribution in [2.45, 2.75) is 24.4 Å². The number of carbonyl (C=O) groups is 1. The molecule has 0 aliphatic carbocycles. The summed E-state index contributed by atoms with van der Waals surface area (Å²) in [5, 5.41) is 2.78. The average Bonchev–Trinajstić information content (AvgIpc) is 2.84. The molecule has 7 nitrogen and oxygen atoms in total. The van der Waals surface area contributed by atoms with Crippen LogP contribution in [0.2, 0.25) is 0 Å². The second-order valence-corrected chi connectivity index (χ2v) is 9.55. The summed E-state index contributed by atoms with van der Waals surface area (Å²) in [6, 6.07) is 18.6. The van der Waals surface area contributed by atoms with Gasteiger partial charge in [-0.2, -0.15) is 4.31 Å². The Morgan fingerprint density at radius 3 is 2.24 bits per heavy atom. The largest absolute Gasteiger partial charge is 0.493 e. The molecule has 3 aromatic carbocycles. The summed E-state index contributed by atoms with van der Waals surface area (Å²) in [5.74, 6) is -0.214. The molecule has 0 radical (unpaired) electrons.